The molecule has 3 saturated heterocycles. The van der Waals surface area contributed by atoms with E-state index in [-0.39, 0.29) is 24.3 Å². The monoisotopic (exact) mass is 499 g/mol. The topological polar surface area (TPSA) is 108 Å². The molecule has 0 aliphatic carbocycles. The van der Waals surface area contributed by atoms with Crippen molar-refractivity contribution >= 4 is 17.7 Å². The zero-order chi connectivity index (χ0) is 25.8. The molecule has 1 spiro atoms. The summed E-state index contributed by atoms with van der Waals surface area (Å²) in [4.78, 5) is 42.8. The molecule has 2 bridgehead atoms. The molecule has 3 amide bonds. The molecule has 1 aromatic rings. The molecule has 0 radical (unpaired) electrons. The van der Waals surface area contributed by atoms with E-state index in [4.69, 9.17) is 9.84 Å². The summed E-state index contributed by atoms with van der Waals surface area (Å²) in [5, 5.41) is 15.1. The molecule has 1 aromatic carbocycles. The van der Waals surface area contributed by atoms with Crippen molar-refractivity contribution in [3.63, 3.8) is 0 Å². The van der Waals surface area contributed by atoms with Gasteiger partial charge in [-0.3, -0.25) is 14.4 Å². The number of ether oxygens (including phenoxy) is 1. The maximum absolute atomic E-state index is 14.0. The SMILES string of the molecule is CCCNC(=O)[C@H]1[C@H]2C(=O)N(CCCCCCO)C(C(=O)NCc3ccccc3)C23CC[C@]1(CC)O3. The van der Waals surface area contributed by atoms with Crippen molar-refractivity contribution in [2.45, 2.75) is 89.0 Å². The quantitative estimate of drug-likeness (QED) is 0.362. The number of unbranched alkanes of at least 4 members (excludes halogenated alkanes) is 3. The summed E-state index contributed by atoms with van der Waals surface area (Å²) in [5.41, 5.74) is -0.700. The van der Waals surface area contributed by atoms with Gasteiger partial charge >= 0.3 is 0 Å². The van der Waals surface area contributed by atoms with Crippen molar-refractivity contribution in [2.24, 2.45) is 11.8 Å². The van der Waals surface area contributed by atoms with Crippen LogP contribution >= 0.6 is 0 Å². The molecule has 2 unspecified atom stereocenters. The van der Waals surface area contributed by atoms with Gasteiger partial charge in [0.1, 0.15) is 11.6 Å². The first-order valence-corrected chi connectivity index (χ1v) is 13.6. The van der Waals surface area contributed by atoms with Gasteiger partial charge in [0.15, 0.2) is 0 Å². The minimum Gasteiger partial charge on any atom is -0.396 e. The first kappa shape index (κ1) is 26.6. The second-order valence-electron chi connectivity index (χ2n) is 10.5. The second kappa shape index (κ2) is 11.3. The van der Waals surface area contributed by atoms with Gasteiger partial charge in [-0.1, -0.05) is 57.0 Å². The third-order valence-corrected chi connectivity index (χ3v) is 8.38. The Kier molecular flexibility index (Phi) is 8.35. The average molecular weight is 500 g/mol. The first-order valence-electron chi connectivity index (χ1n) is 13.6. The number of benzene rings is 1. The maximum Gasteiger partial charge on any atom is 0.246 e. The number of likely N-dealkylation sites (tertiary alicyclic amines) is 1. The number of fused-ring (bicyclic) bond motifs is 1. The van der Waals surface area contributed by atoms with Gasteiger partial charge in [0.05, 0.1) is 17.4 Å². The molecule has 0 saturated carbocycles. The third kappa shape index (κ3) is 4.65. The minimum atomic E-state index is -0.979. The van der Waals surface area contributed by atoms with Gasteiger partial charge < -0.3 is 25.4 Å². The highest BCUT2D eigenvalue weighted by atomic mass is 16.5. The largest absolute Gasteiger partial charge is 0.396 e. The molecule has 8 nitrogen and oxygen atoms in total. The Balaban J connectivity index is 1.61. The molecule has 3 N–H and O–H groups in total. The molecule has 198 valence electrons. The number of carbonyl (C=O) groups excluding carboxylic acids is 3. The molecule has 8 heteroatoms. The Morgan fingerprint density at radius 2 is 1.81 bits per heavy atom. The third-order valence-electron chi connectivity index (χ3n) is 8.38. The van der Waals surface area contributed by atoms with Crippen LogP contribution in [0.5, 0.6) is 0 Å². The van der Waals surface area contributed by atoms with Crippen molar-refractivity contribution in [3.05, 3.63) is 35.9 Å². The normalized spacial score (nSPS) is 30.5. The van der Waals surface area contributed by atoms with Crippen LogP contribution in [0.3, 0.4) is 0 Å². The van der Waals surface area contributed by atoms with Gasteiger partial charge in [0.2, 0.25) is 17.7 Å². The zero-order valence-electron chi connectivity index (χ0n) is 21.6. The van der Waals surface area contributed by atoms with E-state index in [1.165, 1.54) is 0 Å². The second-order valence-corrected chi connectivity index (χ2v) is 10.5. The lowest BCUT2D eigenvalue weighted by Crippen LogP contribution is -2.55. The summed E-state index contributed by atoms with van der Waals surface area (Å²) in [7, 11) is 0. The fraction of sp³-hybridized carbons (Fsp3) is 0.679. The minimum absolute atomic E-state index is 0.133. The smallest absolute Gasteiger partial charge is 0.246 e. The molecular formula is C28H41N3O5. The van der Waals surface area contributed by atoms with E-state index >= 15 is 0 Å². The Hall–Kier alpha value is -2.45. The van der Waals surface area contributed by atoms with Crippen molar-refractivity contribution in [1.82, 2.24) is 15.5 Å². The number of aliphatic hydroxyl groups is 1. The average Bonchev–Trinajstić information content (AvgIpc) is 3.50. The van der Waals surface area contributed by atoms with Gasteiger partial charge in [-0.15, -0.1) is 0 Å². The van der Waals surface area contributed by atoms with E-state index in [1.54, 1.807) is 4.90 Å². The standard InChI is InChI=1S/C28H41N3O5/c1-3-16-29-24(33)21-22-26(35)31(17-10-5-6-11-18-32)23(28(22)15-14-27(21,4-2)36-28)25(34)30-19-20-12-8-7-9-13-20/h7-9,12-13,21-23,32H,3-6,10-11,14-19H2,1-2H3,(H,29,33)(H,30,34)/t21-,22+,23?,27+,28?/m1/s1. The molecule has 36 heavy (non-hydrogen) atoms. The Labute approximate surface area is 214 Å². The van der Waals surface area contributed by atoms with E-state index in [0.29, 0.717) is 38.9 Å². The molecule has 0 aromatic heterocycles. The van der Waals surface area contributed by atoms with E-state index < -0.39 is 29.1 Å². The van der Waals surface area contributed by atoms with E-state index in [1.807, 2.05) is 44.2 Å². The van der Waals surface area contributed by atoms with Gasteiger partial charge in [0.25, 0.3) is 0 Å². The van der Waals surface area contributed by atoms with Gasteiger partial charge in [-0.25, -0.2) is 0 Å². The molecular weight excluding hydrogens is 458 g/mol. The van der Waals surface area contributed by atoms with Gasteiger partial charge in [-0.2, -0.15) is 0 Å². The molecule has 4 rings (SSSR count). The van der Waals surface area contributed by atoms with Crippen LogP contribution in [0.25, 0.3) is 0 Å². The van der Waals surface area contributed by atoms with Crippen molar-refractivity contribution < 1.29 is 24.2 Å². The summed E-state index contributed by atoms with van der Waals surface area (Å²) in [6.07, 6.45) is 5.90. The van der Waals surface area contributed by atoms with Gasteiger partial charge in [-0.05, 0) is 44.1 Å². The van der Waals surface area contributed by atoms with Crippen LogP contribution in [0, 0.1) is 11.8 Å². The molecule has 3 fully saturated rings. The number of amides is 3. The molecule has 3 aliphatic rings. The number of hydrogen-bond donors (Lipinski definition) is 3. The maximum atomic E-state index is 14.0. The number of nitrogens with one attached hydrogen (secondary N) is 2. The van der Waals surface area contributed by atoms with Crippen molar-refractivity contribution in [1.29, 1.82) is 0 Å². The van der Waals surface area contributed by atoms with Crippen LogP contribution in [-0.4, -0.2) is 64.7 Å². The summed E-state index contributed by atoms with van der Waals surface area (Å²) < 4.78 is 6.75. The van der Waals surface area contributed by atoms with E-state index in [0.717, 1.165) is 37.7 Å². The van der Waals surface area contributed by atoms with Crippen molar-refractivity contribution in [2.75, 3.05) is 19.7 Å². The van der Waals surface area contributed by atoms with Crippen LogP contribution < -0.4 is 10.6 Å². The summed E-state index contributed by atoms with van der Waals surface area (Å²) in [5.74, 6) is -1.71. The Morgan fingerprint density at radius 3 is 2.50 bits per heavy atom. The lowest BCUT2D eigenvalue weighted by molar-refractivity contribution is -0.147. The van der Waals surface area contributed by atoms with Gasteiger partial charge in [0, 0.05) is 26.2 Å². The van der Waals surface area contributed by atoms with Crippen LogP contribution in [0.4, 0.5) is 0 Å². The summed E-state index contributed by atoms with van der Waals surface area (Å²) in [6.45, 7) is 5.53. The lowest BCUT2D eigenvalue weighted by atomic mass is 9.65. The molecule has 3 aliphatic heterocycles. The Bertz CT molecular complexity index is 940. The summed E-state index contributed by atoms with van der Waals surface area (Å²) in [6, 6.07) is 8.95. The van der Waals surface area contributed by atoms with E-state index in [9.17, 15) is 14.4 Å². The first-order chi connectivity index (χ1) is 17.4. The van der Waals surface area contributed by atoms with Crippen molar-refractivity contribution in [3.8, 4) is 0 Å². The highest BCUT2D eigenvalue weighted by Crippen LogP contribution is 2.64. The number of rotatable bonds is 13. The van der Waals surface area contributed by atoms with Crippen LogP contribution in [0.15, 0.2) is 30.3 Å². The number of carbonyl (C=O) groups is 3. The highest BCUT2D eigenvalue weighted by Gasteiger charge is 2.78. The number of nitrogens with zero attached hydrogens (tertiary/aromatic N) is 1. The molecule has 5 atom stereocenters. The lowest BCUT2D eigenvalue weighted by Gasteiger charge is -2.34. The van der Waals surface area contributed by atoms with Crippen LogP contribution in [-0.2, 0) is 25.7 Å². The number of hydrogen-bond acceptors (Lipinski definition) is 5. The predicted octanol–water partition coefficient (Wildman–Crippen LogP) is 2.54. The Morgan fingerprint density at radius 1 is 1.06 bits per heavy atom. The van der Waals surface area contributed by atoms with Crippen LogP contribution in [0.1, 0.15) is 70.8 Å². The summed E-state index contributed by atoms with van der Waals surface area (Å²) >= 11 is 0. The molecule has 3 heterocycles. The number of aliphatic hydroxyl groups excluding tert-OH is 1. The predicted molar refractivity (Wildman–Crippen MR) is 136 cm³/mol. The van der Waals surface area contributed by atoms with Crippen LogP contribution in [0.2, 0.25) is 0 Å². The highest BCUT2D eigenvalue weighted by molar-refractivity contribution is 5.99. The van der Waals surface area contributed by atoms with E-state index in [2.05, 4.69) is 10.6 Å². The fourth-order valence-electron chi connectivity index (χ4n) is 6.64. The zero-order valence-corrected chi connectivity index (χ0v) is 21.6. The fourth-order valence-corrected chi connectivity index (χ4v) is 6.64.